The Morgan fingerprint density at radius 3 is 2.21 bits per heavy atom. The van der Waals surface area contributed by atoms with Gasteiger partial charge in [-0.2, -0.15) is 9.41 Å². The Morgan fingerprint density at radius 2 is 1.52 bits per heavy atom. The van der Waals surface area contributed by atoms with Crippen molar-refractivity contribution < 1.29 is 17.9 Å². The predicted molar refractivity (Wildman–Crippen MR) is 127 cm³/mol. The van der Waals surface area contributed by atoms with Crippen molar-refractivity contribution in [2.45, 2.75) is 11.8 Å². The number of morpholine rings is 1. The van der Waals surface area contributed by atoms with Crippen molar-refractivity contribution in [1.29, 1.82) is 0 Å². The molecular weight excluding hydrogens is 438 g/mol. The van der Waals surface area contributed by atoms with Crippen LogP contribution in [-0.2, 0) is 14.8 Å². The fourth-order valence-corrected chi connectivity index (χ4v) is 4.96. The van der Waals surface area contributed by atoms with Crippen LogP contribution in [0.5, 0.6) is 0 Å². The Balaban J connectivity index is 1.60. The van der Waals surface area contributed by atoms with Crippen LogP contribution in [0.4, 0.5) is 0 Å². The van der Waals surface area contributed by atoms with E-state index in [-0.39, 0.29) is 10.5 Å². The fraction of sp³-hybridized carbons (Fsp3) is 0.200. The summed E-state index contributed by atoms with van der Waals surface area (Å²) in [5, 5.41) is 4.39. The molecule has 7 nitrogen and oxygen atoms in total. The van der Waals surface area contributed by atoms with Gasteiger partial charge in [-0.05, 0) is 25.1 Å². The normalized spacial score (nSPS) is 15.2. The van der Waals surface area contributed by atoms with Gasteiger partial charge in [0.2, 0.25) is 10.0 Å². The zero-order valence-electron chi connectivity index (χ0n) is 18.3. The van der Waals surface area contributed by atoms with Gasteiger partial charge in [-0.3, -0.25) is 4.79 Å². The summed E-state index contributed by atoms with van der Waals surface area (Å²) in [6.45, 7) is 3.30. The first-order chi connectivity index (χ1) is 15.9. The first-order valence-electron chi connectivity index (χ1n) is 10.6. The number of amides is 1. The lowest BCUT2D eigenvalue weighted by Crippen LogP contribution is -2.40. The van der Waals surface area contributed by atoms with E-state index in [0.717, 1.165) is 16.7 Å². The van der Waals surface area contributed by atoms with Crippen molar-refractivity contribution in [1.82, 2.24) is 9.73 Å². The van der Waals surface area contributed by atoms with E-state index in [4.69, 9.17) is 4.74 Å². The number of hydrogen-bond donors (Lipinski definition) is 1. The zero-order valence-corrected chi connectivity index (χ0v) is 19.1. The summed E-state index contributed by atoms with van der Waals surface area (Å²) in [5.41, 5.74) is 6.24. The number of nitrogens with zero attached hydrogens (tertiary/aromatic N) is 2. The molecule has 1 saturated heterocycles. The second-order valence-corrected chi connectivity index (χ2v) is 9.62. The Hall–Kier alpha value is -3.33. The second-order valence-electron chi connectivity index (χ2n) is 7.68. The van der Waals surface area contributed by atoms with E-state index in [1.54, 1.807) is 12.1 Å². The summed E-state index contributed by atoms with van der Waals surface area (Å²) in [4.78, 5) is 12.9. The van der Waals surface area contributed by atoms with Gasteiger partial charge in [0.25, 0.3) is 5.91 Å². The summed E-state index contributed by atoms with van der Waals surface area (Å²) in [5.74, 6) is -0.491. The molecule has 0 unspecified atom stereocenters. The second kappa shape index (κ2) is 10.1. The Bertz CT molecular complexity index is 1250. The molecule has 3 aromatic rings. The first-order valence-corrected chi connectivity index (χ1v) is 12.1. The molecule has 0 radical (unpaired) electrons. The van der Waals surface area contributed by atoms with Crippen LogP contribution in [0.1, 0.15) is 27.0 Å². The number of rotatable bonds is 6. The highest BCUT2D eigenvalue weighted by Gasteiger charge is 2.26. The van der Waals surface area contributed by atoms with Crippen molar-refractivity contribution in [3.05, 3.63) is 101 Å². The zero-order chi connectivity index (χ0) is 23.3. The van der Waals surface area contributed by atoms with E-state index >= 15 is 0 Å². The standard InChI is InChI=1S/C25H25N3O4S/c1-19-10-12-21(13-11-19)24(20-6-3-2-4-7-20)26-27-25(29)22-8-5-9-23(18-22)33(30,31)28-14-16-32-17-15-28/h2-13,18H,14-17H2,1H3,(H,27,29)/b26-24+. The maximum Gasteiger partial charge on any atom is 0.271 e. The van der Waals surface area contributed by atoms with Crippen LogP contribution >= 0.6 is 0 Å². The third kappa shape index (κ3) is 5.36. The Morgan fingerprint density at radius 1 is 0.879 bits per heavy atom. The smallest absolute Gasteiger partial charge is 0.271 e. The average Bonchev–Trinajstić information content (AvgIpc) is 2.86. The number of nitrogens with one attached hydrogen (secondary N) is 1. The number of aryl methyl sites for hydroxylation is 1. The largest absolute Gasteiger partial charge is 0.379 e. The maximum atomic E-state index is 12.9. The van der Waals surface area contributed by atoms with Crippen molar-refractivity contribution >= 4 is 21.6 Å². The molecule has 1 aliphatic heterocycles. The lowest BCUT2D eigenvalue weighted by molar-refractivity contribution is 0.0730. The minimum absolute atomic E-state index is 0.0721. The number of carbonyl (C=O) groups is 1. The first kappa shape index (κ1) is 22.8. The van der Waals surface area contributed by atoms with Crippen molar-refractivity contribution in [2.75, 3.05) is 26.3 Å². The van der Waals surface area contributed by atoms with Gasteiger partial charge in [0.05, 0.1) is 23.8 Å². The van der Waals surface area contributed by atoms with Crippen molar-refractivity contribution in [3.63, 3.8) is 0 Å². The van der Waals surface area contributed by atoms with E-state index < -0.39 is 15.9 Å². The molecule has 0 aromatic heterocycles. The highest BCUT2D eigenvalue weighted by Crippen LogP contribution is 2.19. The lowest BCUT2D eigenvalue weighted by atomic mass is 10.0. The minimum Gasteiger partial charge on any atom is -0.379 e. The summed E-state index contributed by atoms with van der Waals surface area (Å²) in [7, 11) is -3.70. The molecular formula is C25H25N3O4S. The Kier molecular flexibility index (Phi) is 6.98. The van der Waals surface area contributed by atoms with Crippen molar-refractivity contribution in [2.24, 2.45) is 5.10 Å². The third-order valence-electron chi connectivity index (χ3n) is 5.35. The van der Waals surface area contributed by atoms with E-state index in [9.17, 15) is 13.2 Å². The summed E-state index contributed by atoms with van der Waals surface area (Å²) in [6.07, 6.45) is 0. The van der Waals surface area contributed by atoms with Gasteiger partial charge >= 0.3 is 0 Å². The molecule has 0 saturated carbocycles. The molecule has 0 bridgehead atoms. The number of carbonyl (C=O) groups excluding carboxylic acids is 1. The molecule has 170 valence electrons. The summed E-state index contributed by atoms with van der Waals surface area (Å²) < 4.78 is 32.5. The maximum absolute atomic E-state index is 12.9. The van der Waals surface area contributed by atoms with Crippen LogP contribution in [0.2, 0.25) is 0 Å². The molecule has 1 aliphatic rings. The lowest BCUT2D eigenvalue weighted by Gasteiger charge is -2.26. The van der Waals surface area contributed by atoms with Gasteiger partial charge in [0, 0.05) is 29.8 Å². The average molecular weight is 464 g/mol. The van der Waals surface area contributed by atoms with Crippen LogP contribution in [0.15, 0.2) is 88.9 Å². The fourth-order valence-electron chi connectivity index (χ4n) is 3.51. The molecule has 4 rings (SSSR count). The number of hydrogen-bond acceptors (Lipinski definition) is 5. The number of hydrazone groups is 1. The molecule has 0 spiro atoms. The van der Waals surface area contributed by atoms with Crippen LogP contribution in [0, 0.1) is 6.92 Å². The molecule has 1 amide bonds. The summed E-state index contributed by atoms with van der Waals surface area (Å²) >= 11 is 0. The highest BCUT2D eigenvalue weighted by molar-refractivity contribution is 7.89. The Labute approximate surface area is 193 Å². The van der Waals surface area contributed by atoms with Gasteiger partial charge in [-0.25, -0.2) is 13.8 Å². The van der Waals surface area contributed by atoms with Gasteiger partial charge in [-0.1, -0.05) is 66.2 Å². The van der Waals surface area contributed by atoms with E-state index in [2.05, 4.69) is 10.5 Å². The van der Waals surface area contributed by atoms with Gasteiger partial charge in [0.1, 0.15) is 0 Å². The number of ether oxygens (including phenoxy) is 1. The van der Waals surface area contributed by atoms with Gasteiger partial charge < -0.3 is 4.74 Å². The SMILES string of the molecule is Cc1ccc(/C(=N/NC(=O)c2cccc(S(=O)(=O)N3CCOCC3)c2)c2ccccc2)cc1. The topological polar surface area (TPSA) is 88.1 Å². The van der Waals surface area contributed by atoms with E-state index in [1.165, 1.54) is 16.4 Å². The highest BCUT2D eigenvalue weighted by atomic mass is 32.2. The molecule has 1 N–H and O–H groups in total. The molecule has 8 heteroatoms. The van der Waals surface area contributed by atoms with E-state index in [0.29, 0.717) is 32.0 Å². The van der Waals surface area contributed by atoms with Crippen LogP contribution in [0.25, 0.3) is 0 Å². The number of sulfonamides is 1. The van der Waals surface area contributed by atoms with Crippen LogP contribution in [0.3, 0.4) is 0 Å². The molecule has 0 aliphatic carbocycles. The molecule has 1 fully saturated rings. The molecule has 1 heterocycles. The minimum atomic E-state index is -3.70. The molecule has 33 heavy (non-hydrogen) atoms. The quantitative estimate of drug-likeness (QED) is 0.449. The number of benzene rings is 3. The predicted octanol–water partition coefficient (Wildman–Crippen LogP) is 3.20. The molecule has 0 atom stereocenters. The van der Waals surface area contributed by atoms with Gasteiger partial charge in [-0.15, -0.1) is 0 Å². The summed E-state index contributed by atoms with van der Waals surface area (Å²) in [6, 6.07) is 23.4. The van der Waals surface area contributed by atoms with E-state index in [1.807, 2.05) is 61.5 Å². The monoisotopic (exact) mass is 463 g/mol. The van der Waals surface area contributed by atoms with Crippen LogP contribution < -0.4 is 5.43 Å². The third-order valence-corrected chi connectivity index (χ3v) is 7.24. The van der Waals surface area contributed by atoms with Crippen molar-refractivity contribution in [3.8, 4) is 0 Å². The molecule has 3 aromatic carbocycles. The van der Waals surface area contributed by atoms with Gasteiger partial charge in [0.15, 0.2) is 0 Å². The van der Waals surface area contributed by atoms with Crippen LogP contribution in [-0.4, -0.2) is 50.6 Å².